The standard InChI is InChI=1S/C20H26N2O/c1-2-20(23)22-18-12-13-19(22)17-11-10-16(18)21(17)14-6-9-15-7-4-3-5-8-15/h3-9,16-19H,2,10-14H2,1H3/b9-6+/t16-,17?,18-,19?/m0/s1. The Hall–Kier alpha value is -1.61. The topological polar surface area (TPSA) is 23.6 Å². The van der Waals surface area contributed by atoms with E-state index in [1.54, 1.807) is 0 Å². The molecule has 3 heteroatoms. The van der Waals surface area contributed by atoms with Crippen LogP contribution < -0.4 is 0 Å². The van der Waals surface area contributed by atoms with Crippen molar-refractivity contribution in [3.8, 4) is 0 Å². The van der Waals surface area contributed by atoms with E-state index in [1.165, 1.54) is 31.2 Å². The lowest BCUT2D eigenvalue weighted by molar-refractivity contribution is -0.139. The number of benzene rings is 1. The Balaban J connectivity index is 1.48. The van der Waals surface area contributed by atoms with E-state index in [4.69, 9.17) is 0 Å². The summed E-state index contributed by atoms with van der Waals surface area (Å²) in [6, 6.07) is 12.6. The van der Waals surface area contributed by atoms with Crippen molar-refractivity contribution < 1.29 is 4.79 Å². The first-order chi connectivity index (χ1) is 11.3. The maximum absolute atomic E-state index is 12.3. The minimum Gasteiger partial charge on any atom is -0.334 e. The molecular formula is C20H26N2O. The summed E-state index contributed by atoms with van der Waals surface area (Å²) in [7, 11) is 0. The first kappa shape index (κ1) is 14.9. The molecule has 0 saturated carbocycles. The Bertz CT molecular complexity index is 577. The highest BCUT2D eigenvalue weighted by Crippen LogP contribution is 2.45. The van der Waals surface area contributed by atoms with Gasteiger partial charge in [-0.25, -0.2) is 0 Å². The number of piperazine rings is 1. The van der Waals surface area contributed by atoms with Crippen LogP contribution >= 0.6 is 0 Å². The van der Waals surface area contributed by atoms with Crippen LogP contribution in [-0.4, -0.2) is 46.4 Å². The molecular weight excluding hydrogens is 284 g/mol. The number of fused-ring (bicyclic) bond motifs is 6. The lowest BCUT2D eigenvalue weighted by Gasteiger charge is -2.46. The molecule has 3 saturated heterocycles. The van der Waals surface area contributed by atoms with Gasteiger partial charge in [-0.1, -0.05) is 49.4 Å². The molecule has 3 aliphatic rings. The number of amides is 1. The van der Waals surface area contributed by atoms with Gasteiger partial charge in [-0.3, -0.25) is 9.69 Å². The molecule has 0 aliphatic carbocycles. The molecule has 4 bridgehead atoms. The Morgan fingerprint density at radius 3 is 2.26 bits per heavy atom. The van der Waals surface area contributed by atoms with Crippen LogP contribution in [0.25, 0.3) is 6.08 Å². The molecule has 4 rings (SSSR count). The van der Waals surface area contributed by atoms with Gasteiger partial charge >= 0.3 is 0 Å². The van der Waals surface area contributed by atoms with Gasteiger partial charge in [0.05, 0.1) is 0 Å². The molecule has 0 radical (unpaired) electrons. The van der Waals surface area contributed by atoms with E-state index in [0.717, 1.165) is 6.54 Å². The Morgan fingerprint density at radius 2 is 1.65 bits per heavy atom. The first-order valence-electron chi connectivity index (χ1n) is 9.08. The van der Waals surface area contributed by atoms with Gasteiger partial charge in [-0.2, -0.15) is 0 Å². The van der Waals surface area contributed by atoms with E-state index >= 15 is 0 Å². The predicted molar refractivity (Wildman–Crippen MR) is 92.9 cm³/mol. The molecule has 3 heterocycles. The second kappa shape index (κ2) is 6.12. The Morgan fingerprint density at radius 1 is 1.04 bits per heavy atom. The van der Waals surface area contributed by atoms with E-state index in [2.05, 4.69) is 52.3 Å². The molecule has 0 spiro atoms. The van der Waals surface area contributed by atoms with Crippen molar-refractivity contribution in [2.75, 3.05) is 6.54 Å². The number of nitrogens with zero attached hydrogens (tertiary/aromatic N) is 2. The third kappa shape index (κ3) is 2.51. The fourth-order valence-electron chi connectivity index (χ4n) is 5.07. The van der Waals surface area contributed by atoms with Crippen molar-refractivity contribution in [2.24, 2.45) is 0 Å². The van der Waals surface area contributed by atoms with Crippen LogP contribution in [0.15, 0.2) is 36.4 Å². The minimum absolute atomic E-state index is 0.369. The molecule has 1 aromatic carbocycles. The first-order valence-corrected chi connectivity index (χ1v) is 9.08. The molecule has 23 heavy (non-hydrogen) atoms. The van der Waals surface area contributed by atoms with E-state index in [-0.39, 0.29) is 0 Å². The van der Waals surface area contributed by atoms with Crippen molar-refractivity contribution in [1.82, 2.24) is 9.80 Å². The largest absolute Gasteiger partial charge is 0.334 e. The van der Waals surface area contributed by atoms with Crippen molar-refractivity contribution in [3.05, 3.63) is 42.0 Å². The van der Waals surface area contributed by atoms with Crippen molar-refractivity contribution in [2.45, 2.75) is 63.2 Å². The van der Waals surface area contributed by atoms with Crippen molar-refractivity contribution in [3.63, 3.8) is 0 Å². The zero-order valence-electron chi connectivity index (χ0n) is 13.9. The van der Waals surface area contributed by atoms with Crippen LogP contribution in [0.1, 0.15) is 44.6 Å². The third-order valence-electron chi connectivity index (χ3n) is 5.99. The number of hydrogen-bond acceptors (Lipinski definition) is 2. The van der Waals surface area contributed by atoms with E-state index in [9.17, 15) is 4.79 Å². The summed E-state index contributed by atoms with van der Waals surface area (Å²) in [6.07, 6.45) is 10.1. The summed E-state index contributed by atoms with van der Waals surface area (Å²) in [5, 5.41) is 0. The lowest BCUT2D eigenvalue weighted by Crippen LogP contribution is -2.61. The number of carbonyl (C=O) groups excluding carboxylic acids is 1. The predicted octanol–water partition coefficient (Wildman–Crippen LogP) is 3.32. The van der Waals surface area contributed by atoms with E-state index in [0.29, 0.717) is 36.5 Å². The van der Waals surface area contributed by atoms with Gasteiger partial charge in [0.2, 0.25) is 5.91 Å². The van der Waals surface area contributed by atoms with Crippen molar-refractivity contribution >= 4 is 12.0 Å². The summed E-state index contributed by atoms with van der Waals surface area (Å²) in [4.78, 5) is 17.3. The summed E-state index contributed by atoms with van der Waals surface area (Å²) < 4.78 is 0. The lowest BCUT2D eigenvalue weighted by atomic mass is 10.0. The Kier molecular flexibility index (Phi) is 3.98. The van der Waals surface area contributed by atoms with Crippen LogP contribution in [0.3, 0.4) is 0 Å². The molecule has 3 nitrogen and oxygen atoms in total. The highest BCUT2D eigenvalue weighted by Gasteiger charge is 2.55. The molecule has 2 unspecified atom stereocenters. The highest BCUT2D eigenvalue weighted by molar-refractivity contribution is 5.77. The third-order valence-corrected chi connectivity index (χ3v) is 5.99. The zero-order chi connectivity index (χ0) is 15.8. The van der Waals surface area contributed by atoms with Gasteiger partial charge in [0.25, 0.3) is 0 Å². The van der Waals surface area contributed by atoms with Gasteiger partial charge in [0.15, 0.2) is 0 Å². The fraction of sp³-hybridized carbons (Fsp3) is 0.550. The molecule has 3 aliphatic heterocycles. The average Bonchev–Trinajstić information content (AvgIpc) is 3.09. The van der Waals surface area contributed by atoms with Crippen molar-refractivity contribution in [1.29, 1.82) is 0 Å². The van der Waals surface area contributed by atoms with E-state index in [1.807, 2.05) is 6.92 Å². The quantitative estimate of drug-likeness (QED) is 0.852. The molecule has 122 valence electrons. The second-order valence-corrected chi connectivity index (χ2v) is 7.09. The van der Waals surface area contributed by atoms with E-state index < -0.39 is 0 Å². The van der Waals surface area contributed by atoms with Crippen LogP contribution in [-0.2, 0) is 4.79 Å². The van der Waals surface area contributed by atoms with Gasteiger partial charge in [-0.15, -0.1) is 0 Å². The normalized spacial score (nSPS) is 32.8. The molecule has 0 aromatic heterocycles. The van der Waals surface area contributed by atoms with Crippen LogP contribution in [0, 0.1) is 0 Å². The number of hydrogen-bond donors (Lipinski definition) is 0. The number of carbonyl (C=O) groups is 1. The molecule has 1 amide bonds. The Labute approximate surface area is 139 Å². The van der Waals surface area contributed by atoms with Gasteiger partial charge in [0.1, 0.15) is 0 Å². The van der Waals surface area contributed by atoms with Crippen LogP contribution in [0.2, 0.25) is 0 Å². The monoisotopic (exact) mass is 310 g/mol. The molecule has 4 atom stereocenters. The smallest absolute Gasteiger partial charge is 0.222 e. The maximum atomic E-state index is 12.3. The van der Waals surface area contributed by atoms with Gasteiger partial charge in [0, 0.05) is 37.1 Å². The SMILES string of the molecule is CCC(=O)N1C2CC[C@H]1[C@@H]1CCC2N1C/C=C/c1ccccc1. The fourth-order valence-corrected chi connectivity index (χ4v) is 5.07. The zero-order valence-corrected chi connectivity index (χ0v) is 13.9. The molecule has 0 N–H and O–H groups in total. The summed E-state index contributed by atoms with van der Waals surface area (Å²) in [5.74, 6) is 0.369. The average molecular weight is 310 g/mol. The minimum atomic E-state index is 0.369. The molecule has 1 aromatic rings. The molecule has 3 fully saturated rings. The number of rotatable bonds is 4. The highest BCUT2D eigenvalue weighted by atomic mass is 16.2. The van der Waals surface area contributed by atoms with Gasteiger partial charge in [-0.05, 0) is 31.2 Å². The summed E-state index contributed by atoms with van der Waals surface area (Å²) in [5.41, 5.74) is 1.27. The second-order valence-electron chi connectivity index (χ2n) is 7.09. The van der Waals surface area contributed by atoms with Crippen LogP contribution in [0.4, 0.5) is 0 Å². The maximum Gasteiger partial charge on any atom is 0.222 e. The summed E-state index contributed by atoms with van der Waals surface area (Å²) in [6.45, 7) is 3.02. The van der Waals surface area contributed by atoms with Gasteiger partial charge < -0.3 is 4.90 Å². The van der Waals surface area contributed by atoms with Crippen LogP contribution in [0.5, 0.6) is 0 Å². The summed E-state index contributed by atoms with van der Waals surface area (Å²) >= 11 is 0.